The van der Waals surface area contributed by atoms with E-state index in [0.29, 0.717) is 70.5 Å². The Hall–Kier alpha value is -2.07. The number of likely N-dealkylation sites (N-methyl/N-ethyl adjacent to an activating group) is 1. The lowest BCUT2D eigenvalue weighted by Gasteiger charge is -2.34. The van der Waals surface area contributed by atoms with E-state index in [1.165, 1.54) is 11.3 Å². The van der Waals surface area contributed by atoms with Crippen LogP contribution in [0.3, 0.4) is 0 Å². The van der Waals surface area contributed by atoms with Crippen molar-refractivity contribution in [2.75, 3.05) is 65.6 Å². The number of rotatable bonds is 6. The third-order valence-electron chi connectivity index (χ3n) is 5.94. The molecule has 168 valence electrons. The number of fused-ring (bicyclic) bond motifs is 1. The van der Waals surface area contributed by atoms with Crippen LogP contribution in [-0.4, -0.2) is 97.1 Å². The van der Waals surface area contributed by atoms with Crippen LogP contribution in [0.2, 0.25) is 0 Å². The van der Waals surface area contributed by atoms with E-state index < -0.39 is 0 Å². The highest BCUT2D eigenvalue weighted by Gasteiger charge is 2.33. The molecule has 0 radical (unpaired) electrons. The maximum Gasteiger partial charge on any atom is 0.264 e. The predicted octanol–water partition coefficient (Wildman–Crippen LogP) is 2.01. The first-order chi connectivity index (χ1) is 15.1. The Morgan fingerprint density at radius 3 is 2.71 bits per heavy atom. The molecular weight excluding hydrogens is 416 g/mol. The molecule has 2 aliphatic heterocycles. The summed E-state index contributed by atoms with van der Waals surface area (Å²) in [5.41, 5.74) is 0.907. The Balaban J connectivity index is 1.60. The van der Waals surface area contributed by atoms with Gasteiger partial charge in [0.05, 0.1) is 32.5 Å². The van der Waals surface area contributed by atoms with Crippen molar-refractivity contribution in [1.29, 1.82) is 0 Å². The summed E-state index contributed by atoms with van der Waals surface area (Å²) in [6, 6.07) is 3.90. The van der Waals surface area contributed by atoms with E-state index in [9.17, 15) is 9.59 Å². The lowest BCUT2D eigenvalue weighted by molar-refractivity contribution is -0.134. The summed E-state index contributed by atoms with van der Waals surface area (Å²) in [5.74, 6) is 0.147. The second kappa shape index (κ2) is 10.0. The van der Waals surface area contributed by atoms with Crippen molar-refractivity contribution in [1.82, 2.24) is 19.7 Å². The third-order valence-corrected chi connectivity index (χ3v) is 7.06. The minimum atomic E-state index is -0.267. The van der Waals surface area contributed by atoms with Gasteiger partial charge in [0, 0.05) is 56.4 Å². The first kappa shape index (κ1) is 22.1. The molecule has 0 bridgehead atoms. The van der Waals surface area contributed by atoms with Crippen LogP contribution in [0, 0.1) is 0 Å². The maximum atomic E-state index is 13.4. The number of amides is 2. The lowest BCUT2D eigenvalue weighted by Crippen LogP contribution is -2.46. The fourth-order valence-corrected chi connectivity index (χ4v) is 5.39. The number of pyridine rings is 1. The van der Waals surface area contributed by atoms with Gasteiger partial charge in [0.15, 0.2) is 0 Å². The molecule has 1 atom stereocenters. The van der Waals surface area contributed by atoms with Crippen molar-refractivity contribution in [3.8, 4) is 0 Å². The average Bonchev–Trinajstić information content (AvgIpc) is 3.20. The molecule has 0 spiro atoms. The van der Waals surface area contributed by atoms with E-state index in [0.717, 1.165) is 15.8 Å². The molecule has 0 aromatic carbocycles. The number of ether oxygens (including phenoxy) is 2. The van der Waals surface area contributed by atoms with Crippen LogP contribution in [0.15, 0.2) is 18.3 Å². The summed E-state index contributed by atoms with van der Waals surface area (Å²) in [7, 11) is 0. The first-order valence-electron chi connectivity index (χ1n) is 11.0. The van der Waals surface area contributed by atoms with Gasteiger partial charge in [-0.05, 0) is 19.9 Å². The Kier molecular flexibility index (Phi) is 7.16. The minimum absolute atomic E-state index is 0.0150. The molecule has 2 amide bonds. The Morgan fingerprint density at radius 2 is 1.97 bits per heavy atom. The van der Waals surface area contributed by atoms with E-state index >= 15 is 0 Å². The Morgan fingerprint density at radius 1 is 1.19 bits per heavy atom. The van der Waals surface area contributed by atoms with E-state index in [2.05, 4.69) is 9.88 Å². The maximum absolute atomic E-state index is 13.4. The Labute approximate surface area is 186 Å². The summed E-state index contributed by atoms with van der Waals surface area (Å²) in [4.78, 5) is 37.9. The third kappa shape index (κ3) is 4.74. The summed E-state index contributed by atoms with van der Waals surface area (Å²) in [6.45, 7) is 9.91. The van der Waals surface area contributed by atoms with Gasteiger partial charge in [-0.15, -0.1) is 11.3 Å². The summed E-state index contributed by atoms with van der Waals surface area (Å²) in [5, 5.41) is 0.964. The first-order valence-corrected chi connectivity index (χ1v) is 11.8. The van der Waals surface area contributed by atoms with Crippen LogP contribution in [0.4, 0.5) is 0 Å². The smallest absolute Gasteiger partial charge is 0.264 e. The van der Waals surface area contributed by atoms with Crippen LogP contribution >= 0.6 is 11.3 Å². The van der Waals surface area contributed by atoms with Crippen LogP contribution in [0.1, 0.15) is 35.2 Å². The predicted molar refractivity (Wildman–Crippen MR) is 119 cm³/mol. The van der Waals surface area contributed by atoms with E-state index in [1.807, 2.05) is 35.8 Å². The zero-order chi connectivity index (χ0) is 21.8. The van der Waals surface area contributed by atoms with Crippen molar-refractivity contribution in [2.24, 2.45) is 0 Å². The molecule has 8 nitrogen and oxygen atoms in total. The second-order valence-corrected chi connectivity index (χ2v) is 8.77. The average molecular weight is 447 g/mol. The molecule has 4 rings (SSSR count). The van der Waals surface area contributed by atoms with Gasteiger partial charge in [0.25, 0.3) is 5.91 Å². The van der Waals surface area contributed by atoms with Gasteiger partial charge < -0.3 is 19.3 Å². The van der Waals surface area contributed by atoms with Gasteiger partial charge in [-0.3, -0.25) is 14.5 Å². The van der Waals surface area contributed by atoms with Crippen LogP contribution in [-0.2, 0) is 14.3 Å². The molecule has 2 aromatic rings. The van der Waals surface area contributed by atoms with Crippen molar-refractivity contribution >= 4 is 33.4 Å². The highest BCUT2D eigenvalue weighted by atomic mass is 32.1. The van der Waals surface area contributed by atoms with Gasteiger partial charge in [-0.1, -0.05) is 6.07 Å². The largest absolute Gasteiger partial charge is 0.378 e. The minimum Gasteiger partial charge on any atom is -0.378 e. The fraction of sp³-hybridized carbons (Fsp3) is 0.591. The number of morpholine rings is 2. The standard InChI is InChI=1S/C22H30N4O4S/c1-3-25(4-2)18(27)15-24-8-13-30-17(14-24)19-16-6-5-7-23-21(16)31-20(19)22(28)26-9-11-29-12-10-26/h5-7,17H,3-4,8-15H2,1-2H3. The fourth-order valence-electron chi connectivity index (χ4n) is 4.23. The number of carbonyl (C=O) groups excluding carboxylic acids is 2. The molecule has 31 heavy (non-hydrogen) atoms. The van der Waals surface area contributed by atoms with Gasteiger partial charge >= 0.3 is 0 Å². The zero-order valence-electron chi connectivity index (χ0n) is 18.2. The highest BCUT2D eigenvalue weighted by molar-refractivity contribution is 7.20. The molecule has 4 heterocycles. The summed E-state index contributed by atoms with van der Waals surface area (Å²) in [6.07, 6.45) is 1.48. The summed E-state index contributed by atoms with van der Waals surface area (Å²) >= 11 is 1.43. The molecule has 1 unspecified atom stereocenters. The van der Waals surface area contributed by atoms with Crippen molar-refractivity contribution in [3.63, 3.8) is 0 Å². The molecule has 2 fully saturated rings. The van der Waals surface area contributed by atoms with Crippen molar-refractivity contribution < 1.29 is 19.1 Å². The lowest BCUT2D eigenvalue weighted by atomic mass is 10.0. The normalized spacial score (nSPS) is 20.2. The topological polar surface area (TPSA) is 75.2 Å². The molecular formula is C22H30N4O4S. The quantitative estimate of drug-likeness (QED) is 0.676. The van der Waals surface area contributed by atoms with Gasteiger partial charge in [0.1, 0.15) is 9.71 Å². The Bertz CT molecular complexity index is 923. The van der Waals surface area contributed by atoms with E-state index in [-0.39, 0.29) is 17.9 Å². The van der Waals surface area contributed by atoms with Gasteiger partial charge in [0.2, 0.25) is 5.91 Å². The van der Waals surface area contributed by atoms with Crippen LogP contribution in [0.25, 0.3) is 10.2 Å². The molecule has 0 N–H and O–H groups in total. The number of aromatic nitrogens is 1. The number of nitrogens with zero attached hydrogens (tertiary/aromatic N) is 4. The van der Waals surface area contributed by atoms with Crippen LogP contribution < -0.4 is 0 Å². The molecule has 9 heteroatoms. The number of hydrogen-bond acceptors (Lipinski definition) is 7. The number of thiophene rings is 1. The number of hydrogen-bond donors (Lipinski definition) is 0. The van der Waals surface area contributed by atoms with Gasteiger partial charge in [-0.2, -0.15) is 0 Å². The molecule has 0 aliphatic carbocycles. The molecule has 2 aromatic heterocycles. The van der Waals surface area contributed by atoms with Crippen molar-refractivity contribution in [3.05, 3.63) is 28.8 Å². The number of carbonyl (C=O) groups is 2. The highest BCUT2D eigenvalue weighted by Crippen LogP contribution is 2.38. The zero-order valence-corrected chi connectivity index (χ0v) is 19.0. The van der Waals surface area contributed by atoms with E-state index in [4.69, 9.17) is 9.47 Å². The SMILES string of the molecule is CCN(CC)C(=O)CN1CCOC(c2c(C(=O)N3CCOCC3)sc3ncccc23)C1. The van der Waals surface area contributed by atoms with E-state index in [1.54, 1.807) is 6.20 Å². The van der Waals surface area contributed by atoms with Gasteiger partial charge in [-0.25, -0.2) is 4.98 Å². The molecule has 2 aliphatic rings. The molecule has 0 saturated carbocycles. The second-order valence-electron chi connectivity index (χ2n) is 7.77. The van der Waals surface area contributed by atoms with Crippen LogP contribution in [0.5, 0.6) is 0 Å². The monoisotopic (exact) mass is 446 g/mol. The van der Waals surface area contributed by atoms with Crippen molar-refractivity contribution in [2.45, 2.75) is 20.0 Å². The summed E-state index contributed by atoms with van der Waals surface area (Å²) < 4.78 is 11.6. The molecule has 2 saturated heterocycles.